The molecule has 2 fully saturated rings. The van der Waals surface area contributed by atoms with E-state index < -0.39 is 26.9 Å². The van der Waals surface area contributed by atoms with Gasteiger partial charge in [0.2, 0.25) is 5.91 Å². The standard InChI is InChI=1S/C16H20FN3O4S/c17-10-5-1-2-6-11(10)18-14(21)8-4-3-7-13-15-12(9-25(13,23)24)19-16(22)20-15/h1-2,5-6,12-13,15H,3-4,7-9H2,(H,18,21)(H2,19,20,22)/t12-,13-,15-/m1/s1. The number of carbonyl (C=O) groups excluding carboxylic acids is 2. The fourth-order valence-electron chi connectivity index (χ4n) is 3.41. The van der Waals surface area contributed by atoms with E-state index in [-0.39, 0.29) is 35.8 Å². The number of hydrogen-bond acceptors (Lipinski definition) is 4. The normalized spacial score (nSPS) is 26.6. The zero-order valence-corrected chi connectivity index (χ0v) is 14.3. The number of para-hydroxylation sites is 1. The minimum absolute atomic E-state index is 0.0468. The molecular weight excluding hydrogens is 349 g/mol. The summed E-state index contributed by atoms with van der Waals surface area (Å²) >= 11 is 0. The lowest BCUT2D eigenvalue weighted by molar-refractivity contribution is -0.116. The number of carbonyl (C=O) groups is 2. The third-order valence-corrected chi connectivity index (χ3v) is 6.89. The van der Waals surface area contributed by atoms with Gasteiger partial charge in [0, 0.05) is 6.42 Å². The number of sulfone groups is 1. The van der Waals surface area contributed by atoms with Gasteiger partial charge in [-0.25, -0.2) is 17.6 Å². The number of halogens is 1. The highest BCUT2D eigenvalue weighted by atomic mass is 32.2. The molecule has 3 rings (SSSR count). The minimum Gasteiger partial charge on any atom is -0.332 e. The van der Waals surface area contributed by atoms with Crippen molar-refractivity contribution in [3.05, 3.63) is 30.1 Å². The molecule has 0 aromatic heterocycles. The van der Waals surface area contributed by atoms with Crippen molar-refractivity contribution in [3.63, 3.8) is 0 Å². The molecular formula is C16H20FN3O4S. The number of unbranched alkanes of at least 4 members (excludes halogenated alkanes) is 1. The zero-order chi connectivity index (χ0) is 18.0. The van der Waals surface area contributed by atoms with E-state index in [4.69, 9.17) is 0 Å². The Bertz CT molecular complexity index is 783. The van der Waals surface area contributed by atoms with Crippen LogP contribution in [0.3, 0.4) is 0 Å². The summed E-state index contributed by atoms with van der Waals surface area (Å²) in [6.45, 7) is 0. The van der Waals surface area contributed by atoms with Crippen molar-refractivity contribution in [2.75, 3.05) is 11.1 Å². The smallest absolute Gasteiger partial charge is 0.315 e. The Labute approximate surface area is 145 Å². The number of nitrogens with one attached hydrogen (secondary N) is 3. The summed E-state index contributed by atoms with van der Waals surface area (Å²) in [6, 6.07) is 4.81. The summed E-state index contributed by atoms with van der Waals surface area (Å²) in [6.07, 6.45) is 1.59. The third kappa shape index (κ3) is 3.92. The van der Waals surface area contributed by atoms with E-state index in [1.54, 1.807) is 6.07 Å². The van der Waals surface area contributed by atoms with E-state index >= 15 is 0 Å². The molecule has 3 amide bonds. The van der Waals surface area contributed by atoms with Crippen molar-refractivity contribution < 1.29 is 22.4 Å². The molecule has 0 aliphatic carbocycles. The zero-order valence-electron chi connectivity index (χ0n) is 13.5. The molecule has 2 aliphatic rings. The van der Waals surface area contributed by atoms with Crippen LogP contribution in [0.2, 0.25) is 0 Å². The molecule has 1 aromatic carbocycles. The number of amides is 3. The SMILES string of the molecule is O=C(CCCC[C@@H]1[C@@H]2NC(=O)N[C@@H]2CS1(=O)=O)Nc1ccccc1F. The average Bonchev–Trinajstić information content (AvgIpc) is 2.98. The highest BCUT2D eigenvalue weighted by molar-refractivity contribution is 7.92. The van der Waals surface area contributed by atoms with Crippen molar-refractivity contribution in [1.82, 2.24) is 10.6 Å². The van der Waals surface area contributed by atoms with Gasteiger partial charge in [-0.05, 0) is 25.0 Å². The van der Waals surface area contributed by atoms with Crippen LogP contribution in [0.25, 0.3) is 0 Å². The van der Waals surface area contributed by atoms with Gasteiger partial charge < -0.3 is 16.0 Å². The van der Waals surface area contributed by atoms with Crippen LogP contribution >= 0.6 is 0 Å². The highest BCUT2D eigenvalue weighted by Crippen LogP contribution is 2.28. The largest absolute Gasteiger partial charge is 0.332 e. The Morgan fingerprint density at radius 2 is 2.00 bits per heavy atom. The number of benzene rings is 1. The summed E-state index contributed by atoms with van der Waals surface area (Å²) < 4.78 is 37.8. The first-order chi connectivity index (χ1) is 11.9. The monoisotopic (exact) mass is 369 g/mol. The lowest BCUT2D eigenvalue weighted by atomic mass is 10.0. The Hall–Kier alpha value is -2.16. The molecule has 2 saturated heterocycles. The fraction of sp³-hybridized carbons (Fsp3) is 0.500. The first kappa shape index (κ1) is 17.7. The third-order valence-electron chi connectivity index (χ3n) is 4.61. The van der Waals surface area contributed by atoms with Crippen molar-refractivity contribution in [2.24, 2.45) is 0 Å². The molecule has 136 valence electrons. The highest BCUT2D eigenvalue weighted by Gasteiger charge is 2.51. The summed E-state index contributed by atoms with van der Waals surface area (Å²) in [7, 11) is -3.25. The molecule has 0 saturated carbocycles. The number of urea groups is 1. The molecule has 1 aromatic rings. The molecule has 3 N–H and O–H groups in total. The second-order valence-electron chi connectivity index (χ2n) is 6.39. The fourth-order valence-corrected chi connectivity index (χ4v) is 5.68. The van der Waals surface area contributed by atoms with Gasteiger partial charge in [0.05, 0.1) is 28.8 Å². The Morgan fingerprint density at radius 1 is 1.24 bits per heavy atom. The predicted molar refractivity (Wildman–Crippen MR) is 90.3 cm³/mol. The van der Waals surface area contributed by atoms with Crippen LogP contribution in [0, 0.1) is 5.82 Å². The van der Waals surface area contributed by atoms with Gasteiger partial charge in [-0.3, -0.25) is 4.79 Å². The van der Waals surface area contributed by atoms with Crippen molar-refractivity contribution in [1.29, 1.82) is 0 Å². The van der Waals surface area contributed by atoms with E-state index in [0.717, 1.165) is 0 Å². The Morgan fingerprint density at radius 3 is 2.76 bits per heavy atom. The lowest BCUT2D eigenvalue weighted by Crippen LogP contribution is -2.39. The van der Waals surface area contributed by atoms with Gasteiger partial charge in [-0.2, -0.15) is 0 Å². The number of anilines is 1. The van der Waals surface area contributed by atoms with Gasteiger partial charge >= 0.3 is 6.03 Å². The molecule has 2 aliphatic heterocycles. The molecule has 3 atom stereocenters. The molecule has 0 bridgehead atoms. The summed E-state index contributed by atoms with van der Waals surface area (Å²) in [4.78, 5) is 23.2. The summed E-state index contributed by atoms with van der Waals surface area (Å²) in [5.41, 5.74) is 0.133. The summed E-state index contributed by atoms with van der Waals surface area (Å²) in [5.74, 6) is -0.856. The molecule has 0 unspecified atom stereocenters. The maximum Gasteiger partial charge on any atom is 0.315 e. The van der Waals surface area contributed by atoms with Gasteiger partial charge in [0.25, 0.3) is 0 Å². The minimum atomic E-state index is -3.25. The van der Waals surface area contributed by atoms with Crippen LogP contribution in [-0.4, -0.2) is 43.4 Å². The van der Waals surface area contributed by atoms with E-state index in [1.165, 1.54) is 18.2 Å². The predicted octanol–water partition coefficient (Wildman–Crippen LogP) is 1.17. The number of rotatable bonds is 6. The molecule has 0 spiro atoms. The van der Waals surface area contributed by atoms with Crippen LogP contribution in [-0.2, 0) is 14.6 Å². The van der Waals surface area contributed by atoms with Crippen LogP contribution in [0.15, 0.2) is 24.3 Å². The average molecular weight is 369 g/mol. The quantitative estimate of drug-likeness (QED) is 0.517. The Kier molecular flexibility index (Phi) is 4.94. The van der Waals surface area contributed by atoms with Crippen molar-refractivity contribution >= 4 is 27.5 Å². The van der Waals surface area contributed by atoms with Gasteiger partial charge in [0.1, 0.15) is 5.82 Å². The van der Waals surface area contributed by atoms with Crippen LogP contribution in [0.5, 0.6) is 0 Å². The maximum absolute atomic E-state index is 13.5. The molecule has 2 heterocycles. The molecule has 9 heteroatoms. The topological polar surface area (TPSA) is 104 Å². The van der Waals surface area contributed by atoms with Crippen LogP contribution < -0.4 is 16.0 Å². The Balaban J connectivity index is 1.46. The van der Waals surface area contributed by atoms with Crippen molar-refractivity contribution in [3.8, 4) is 0 Å². The van der Waals surface area contributed by atoms with Gasteiger partial charge in [0.15, 0.2) is 9.84 Å². The second-order valence-corrected chi connectivity index (χ2v) is 8.66. The summed E-state index contributed by atoms with van der Waals surface area (Å²) in [5, 5.41) is 7.15. The molecule has 25 heavy (non-hydrogen) atoms. The van der Waals surface area contributed by atoms with E-state index in [0.29, 0.717) is 19.3 Å². The molecule has 0 radical (unpaired) electrons. The number of fused-ring (bicyclic) bond motifs is 1. The number of hydrogen-bond donors (Lipinski definition) is 3. The van der Waals surface area contributed by atoms with Crippen LogP contribution in [0.4, 0.5) is 14.9 Å². The molecule has 7 nitrogen and oxygen atoms in total. The van der Waals surface area contributed by atoms with Gasteiger partial charge in [-0.1, -0.05) is 18.6 Å². The van der Waals surface area contributed by atoms with E-state index in [2.05, 4.69) is 16.0 Å². The van der Waals surface area contributed by atoms with Crippen molar-refractivity contribution in [2.45, 2.75) is 43.0 Å². The first-order valence-electron chi connectivity index (χ1n) is 8.20. The lowest BCUT2D eigenvalue weighted by Gasteiger charge is -2.16. The first-order valence-corrected chi connectivity index (χ1v) is 9.91. The van der Waals surface area contributed by atoms with E-state index in [9.17, 15) is 22.4 Å². The maximum atomic E-state index is 13.5. The van der Waals surface area contributed by atoms with Gasteiger partial charge in [-0.15, -0.1) is 0 Å². The second kappa shape index (κ2) is 6.99. The van der Waals surface area contributed by atoms with E-state index in [1.807, 2.05) is 0 Å². The van der Waals surface area contributed by atoms with Crippen LogP contribution in [0.1, 0.15) is 25.7 Å².